The number of aromatic nitrogens is 2. The Morgan fingerprint density at radius 1 is 1.40 bits per heavy atom. The summed E-state index contributed by atoms with van der Waals surface area (Å²) >= 11 is 0. The fourth-order valence-corrected chi connectivity index (χ4v) is 2.89. The summed E-state index contributed by atoms with van der Waals surface area (Å²) in [6.45, 7) is 7.72. The number of hydrogen-bond donors (Lipinski definition) is 2. The van der Waals surface area contributed by atoms with E-state index >= 15 is 0 Å². The van der Waals surface area contributed by atoms with Crippen molar-refractivity contribution in [3.63, 3.8) is 0 Å². The van der Waals surface area contributed by atoms with E-state index in [1.165, 1.54) is 12.3 Å². The molecule has 0 amide bonds. The Hall–Kier alpha value is -2.80. The lowest BCUT2D eigenvalue weighted by atomic mass is 10.0. The molecule has 3 rings (SSSR count). The van der Waals surface area contributed by atoms with E-state index in [-0.39, 0.29) is 22.6 Å². The molecule has 3 N–H and O–H groups in total. The molecule has 0 aliphatic carbocycles. The number of halogens is 1. The number of nitrogens with one attached hydrogen (secondary N) is 1. The standard InChI is InChI=1S/C18H20FN5O/c1-11-10-24(9-8-21-11)15-6-5-13(12(2)19)16(23-15)17(25)14-4-3-7-22-18(14)20/h3-7,11,21H,2,8-10H2,1H3,(H2,20,22)/t11-/m1/s1. The summed E-state index contributed by atoms with van der Waals surface area (Å²) in [5, 5.41) is 3.35. The third-order valence-electron chi connectivity index (χ3n) is 4.16. The summed E-state index contributed by atoms with van der Waals surface area (Å²) in [4.78, 5) is 23.3. The molecule has 2 aromatic rings. The number of nitrogen functional groups attached to an aromatic ring is 1. The zero-order chi connectivity index (χ0) is 18.0. The van der Waals surface area contributed by atoms with E-state index in [1.807, 2.05) is 0 Å². The Balaban J connectivity index is 2.04. The minimum Gasteiger partial charge on any atom is -0.383 e. The molecule has 1 fully saturated rings. The van der Waals surface area contributed by atoms with Crippen molar-refractivity contribution >= 4 is 23.2 Å². The van der Waals surface area contributed by atoms with Gasteiger partial charge in [0.15, 0.2) is 0 Å². The van der Waals surface area contributed by atoms with Gasteiger partial charge in [0.2, 0.25) is 5.78 Å². The SMILES string of the molecule is C=C(F)c1ccc(N2CCN[C@H](C)C2)nc1C(=O)c1cccnc1N. The van der Waals surface area contributed by atoms with Crippen LogP contribution in [-0.4, -0.2) is 41.4 Å². The van der Waals surface area contributed by atoms with Gasteiger partial charge < -0.3 is 16.0 Å². The Morgan fingerprint density at radius 3 is 2.88 bits per heavy atom. The van der Waals surface area contributed by atoms with Crippen molar-refractivity contribution in [1.29, 1.82) is 0 Å². The van der Waals surface area contributed by atoms with Crippen molar-refractivity contribution in [2.45, 2.75) is 13.0 Å². The lowest BCUT2D eigenvalue weighted by Gasteiger charge is -2.33. The number of ketones is 1. The highest BCUT2D eigenvalue weighted by Crippen LogP contribution is 2.25. The number of nitrogens with two attached hydrogens (primary N) is 1. The highest BCUT2D eigenvalue weighted by Gasteiger charge is 2.23. The normalized spacial score (nSPS) is 17.4. The summed E-state index contributed by atoms with van der Waals surface area (Å²) < 4.78 is 13.8. The van der Waals surface area contributed by atoms with Gasteiger partial charge in [-0.2, -0.15) is 0 Å². The minimum atomic E-state index is -0.710. The fraction of sp³-hybridized carbons (Fsp3) is 0.278. The Bertz CT molecular complexity index is 823. The fourth-order valence-electron chi connectivity index (χ4n) is 2.89. The number of pyridine rings is 2. The smallest absolute Gasteiger partial charge is 0.215 e. The van der Waals surface area contributed by atoms with Crippen LogP contribution in [0, 0.1) is 0 Å². The molecule has 1 atom stereocenters. The zero-order valence-electron chi connectivity index (χ0n) is 14.0. The van der Waals surface area contributed by atoms with Crippen LogP contribution in [0.5, 0.6) is 0 Å². The number of piperazine rings is 1. The quantitative estimate of drug-likeness (QED) is 0.828. The number of carbonyl (C=O) groups is 1. The second kappa shape index (κ2) is 6.98. The van der Waals surface area contributed by atoms with Crippen molar-refractivity contribution in [3.05, 3.63) is 53.9 Å². The van der Waals surface area contributed by atoms with Gasteiger partial charge in [-0.05, 0) is 31.2 Å². The molecule has 0 aromatic carbocycles. The molecule has 0 bridgehead atoms. The largest absolute Gasteiger partial charge is 0.383 e. The van der Waals surface area contributed by atoms with E-state index < -0.39 is 11.6 Å². The molecule has 6 nitrogen and oxygen atoms in total. The highest BCUT2D eigenvalue weighted by molar-refractivity contribution is 6.12. The molecule has 0 radical (unpaired) electrons. The summed E-state index contributed by atoms with van der Waals surface area (Å²) in [5.74, 6) is -0.460. The molecular weight excluding hydrogens is 321 g/mol. The molecule has 130 valence electrons. The molecule has 3 heterocycles. The average Bonchev–Trinajstić information content (AvgIpc) is 2.61. The van der Waals surface area contributed by atoms with Gasteiger partial charge in [-0.15, -0.1) is 0 Å². The van der Waals surface area contributed by atoms with Crippen LogP contribution in [0.15, 0.2) is 37.0 Å². The van der Waals surface area contributed by atoms with Gasteiger partial charge in [0.05, 0.1) is 5.56 Å². The van der Waals surface area contributed by atoms with Crippen LogP contribution in [0.2, 0.25) is 0 Å². The highest BCUT2D eigenvalue weighted by atomic mass is 19.1. The predicted octanol–water partition coefficient (Wildman–Crippen LogP) is 2.03. The molecule has 7 heteroatoms. The third kappa shape index (κ3) is 3.51. The summed E-state index contributed by atoms with van der Waals surface area (Å²) in [5.41, 5.74) is 6.05. The third-order valence-corrected chi connectivity index (χ3v) is 4.16. The maximum atomic E-state index is 13.8. The van der Waals surface area contributed by atoms with Crippen LogP contribution < -0.4 is 16.0 Å². The van der Waals surface area contributed by atoms with Crippen molar-refractivity contribution in [2.75, 3.05) is 30.3 Å². The maximum Gasteiger partial charge on any atom is 0.215 e. The summed E-state index contributed by atoms with van der Waals surface area (Å²) in [7, 11) is 0. The van der Waals surface area contributed by atoms with Crippen LogP contribution in [0.25, 0.3) is 5.83 Å². The van der Waals surface area contributed by atoms with Gasteiger partial charge in [-0.3, -0.25) is 4.79 Å². The number of anilines is 2. The minimum absolute atomic E-state index is 0.00381. The lowest BCUT2D eigenvalue weighted by Crippen LogP contribution is -2.49. The first kappa shape index (κ1) is 17.0. The first-order valence-electron chi connectivity index (χ1n) is 8.06. The molecule has 1 saturated heterocycles. The first-order chi connectivity index (χ1) is 12.0. The van der Waals surface area contributed by atoms with E-state index in [1.54, 1.807) is 18.2 Å². The monoisotopic (exact) mass is 341 g/mol. The van der Waals surface area contributed by atoms with Crippen molar-refractivity contribution in [2.24, 2.45) is 0 Å². The van der Waals surface area contributed by atoms with E-state index in [0.717, 1.165) is 19.6 Å². The second-order valence-electron chi connectivity index (χ2n) is 6.04. The molecule has 0 spiro atoms. The van der Waals surface area contributed by atoms with Gasteiger partial charge in [-0.1, -0.05) is 6.58 Å². The zero-order valence-corrected chi connectivity index (χ0v) is 14.0. The lowest BCUT2D eigenvalue weighted by molar-refractivity contribution is 0.103. The molecule has 1 aliphatic rings. The van der Waals surface area contributed by atoms with Crippen molar-refractivity contribution < 1.29 is 9.18 Å². The maximum absolute atomic E-state index is 13.8. The van der Waals surface area contributed by atoms with Crippen molar-refractivity contribution in [1.82, 2.24) is 15.3 Å². The van der Waals surface area contributed by atoms with E-state index in [4.69, 9.17) is 5.73 Å². The van der Waals surface area contributed by atoms with Gasteiger partial charge in [0, 0.05) is 37.4 Å². The van der Waals surface area contributed by atoms with Crippen LogP contribution >= 0.6 is 0 Å². The molecular formula is C18H20FN5O. The van der Waals surface area contributed by atoms with Crippen LogP contribution in [0.4, 0.5) is 16.0 Å². The molecule has 2 aromatic heterocycles. The number of carbonyl (C=O) groups excluding carboxylic acids is 1. The van der Waals surface area contributed by atoms with Crippen LogP contribution in [0.1, 0.15) is 28.5 Å². The predicted molar refractivity (Wildman–Crippen MR) is 96.1 cm³/mol. The Labute approximate surface area is 145 Å². The summed E-state index contributed by atoms with van der Waals surface area (Å²) in [6.07, 6.45) is 1.49. The van der Waals surface area contributed by atoms with Gasteiger partial charge in [-0.25, -0.2) is 14.4 Å². The molecule has 0 unspecified atom stereocenters. The molecule has 1 aliphatic heterocycles. The van der Waals surface area contributed by atoms with Crippen LogP contribution in [-0.2, 0) is 0 Å². The molecule has 25 heavy (non-hydrogen) atoms. The average molecular weight is 341 g/mol. The Kier molecular flexibility index (Phi) is 4.76. The van der Waals surface area contributed by atoms with E-state index in [9.17, 15) is 9.18 Å². The van der Waals surface area contributed by atoms with Crippen LogP contribution in [0.3, 0.4) is 0 Å². The number of rotatable bonds is 4. The van der Waals surface area contributed by atoms with Crippen molar-refractivity contribution in [3.8, 4) is 0 Å². The molecule has 0 saturated carbocycles. The number of nitrogens with zero attached hydrogens (tertiary/aromatic N) is 3. The van der Waals surface area contributed by atoms with E-state index in [0.29, 0.717) is 11.9 Å². The van der Waals surface area contributed by atoms with E-state index in [2.05, 4.69) is 33.7 Å². The first-order valence-corrected chi connectivity index (χ1v) is 8.06. The van der Waals surface area contributed by atoms with Gasteiger partial charge >= 0.3 is 0 Å². The number of hydrogen-bond acceptors (Lipinski definition) is 6. The summed E-state index contributed by atoms with van der Waals surface area (Å²) in [6, 6.07) is 6.71. The van der Waals surface area contributed by atoms with Gasteiger partial charge in [0.25, 0.3) is 0 Å². The Morgan fingerprint density at radius 2 is 2.20 bits per heavy atom. The second-order valence-corrected chi connectivity index (χ2v) is 6.04. The topological polar surface area (TPSA) is 84.1 Å². The van der Waals surface area contributed by atoms with Gasteiger partial charge in [0.1, 0.15) is 23.2 Å².